The highest BCUT2D eigenvalue weighted by molar-refractivity contribution is 5.81. The topological polar surface area (TPSA) is 68.5 Å². The summed E-state index contributed by atoms with van der Waals surface area (Å²) in [6.45, 7) is 2.93. The quantitative estimate of drug-likeness (QED) is 0.673. The average Bonchev–Trinajstić information content (AvgIpc) is 3.10. The van der Waals surface area contributed by atoms with Crippen molar-refractivity contribution in [2.75, 3.05) is 13.1 Å². The summed E-state index contributed by atoms with van der Waals surface area (Å²) in [6, 6.07) is 19.4. The highest BCUT2D eigenvalue weighted by atomic mass is 16.5. The molecule has 1 aliphatic rings. The summed E-state index contributed by atoms with van der Waals surface area (Å²) in [7, 11) is 0. The minimum absolute atomic E-state index is 0.0286. The van der Waals surface area contributed by atoms with Gasteiger partial charge in [-0.25, -0.2) is 0 Å². The molecule has 1 saturated heterocycles. The standard InChI is InChI=1S/C21H21N3O3/c1-15(26-18-10-6-3-7-11-18)21(25)24-13-17(14-24)20-22-19(23-27-20)12-16-8-4-2-5-9-16/h2-11,15,17H,12-14H2,1H3. The average molecular weight is 363 g/mol. The molecule has 2 aromatic carbocycles. The Hall–Kier alpha value is -3.15. The van der Waals surface area contributed by atoms with Gasteiger partial charge in [0.15, 0.2) is 11.9 Å². The lowest BCUT2D eigenvalue weighted by Crippen LogP contribution is -2.52. The van der Waals surface area contributed by atoms with Crippen LogP contribution in [0, 0.1) is 0 Å². The van der Waals surface area contributed by atoms with Crippen LogP contribution in [-0.2, 0) is 11.2 Å². The van der Waals surface area contributed by atoms with Crippen LogP contribution in [0.2, 0.25) is 0 Å². The van der Waals surface area contributed by atoms with Gasteiger partial charge in [0.05, 0.1) is 5.92 Å². The SMILES string of the molecule is CC(Oc1ccccc1)C(=O)N1CC(c2nc(Cc3ccccc3)no2)C1. The summed E-state index contributed by atoms with van der Waals surface area (Å²) < 4.78 is 11.1. The fourth-order valence-electron chi connectivity index (χ4n) is 3.11. The lowest BCUT2D eigenvalue weighted by molar-refractivity contribution is -0.142. The number of ether oxygens (including phenoxy) is 1. The van der Waals surface area contributed by atoms with Crippen molar-refractivity contribution in [2.45, 2.75) is 25.4 Å². The van der Waals surface area contributed by atoms with Crippen LogP contribution in [0.4, 0.5) is 0 Å². The van der Waals surface area contributed by atoms with Crippen LogP contribution in [0.5, 0.6) is 5.75 Å². The third-order valence-corrected chi connectivity index (χ3v) is 4.64. The molecule has 1 unspecified atom stereocenters. The van der Waals surface area contributed by atoms with Crippen LogP contribution < -0.4 is 4.74 Å². The van der Waals surface area contributed by atoms with E-state index in [2.05, 4.69) is 10.1 Å². The number of rotatable bonds is 6. The zero-order valence-electron chi connectivity index (χ0n) is 15.1. The van der Waals surface area contributed by atoms with Crippen molar-refractivity contribution in [3.63, 3.8) is 0 Å². The van der Waals surface area contributed by atoms with Crippen LogP contribution in [0.25, 0.3) is 0 Å². The number of amides is 1. The Balaban J connectivity index is 1.29. The van der Waals surface area contributed by atoms with Gasteiger partial charge in [0.1, 0.15) is 5.75 Å². The van der Waals surface area contributed by atoms with E-state index in [4.69, 9.17) is 9.26 Å². The number of benzene rings is 2. The summed E-state index contributed by atoms with van der Waals surface area (Å²) in [5.41, 5.74) is 1.14. The van der Waals surface area contributed by atoms with E-state index in [1.807, 2.05) is 60.7 Å². The third-order valence-electron chi connectivity index (χ3n) is 4.64. The molecule has 0 spiro atoms. The van der Waals surface area contributed by atoms with Crippen LogP contribution in [0.1, 0.15) is 30.1 Å². The molecule has 6 nitrogen and oxygen atoms in total. The minimum Gasteiger partial charge on any atom is -0.481 e. The second kappa shape index (κ2) is 7.61. The largest absolute Gasteiger partial charge is 0.481 e. The molecule has 1 atom stereocenters. The third kappa shape index (κ3) is 4.00. The van der Waals surface area contributed by atoms with Crippen LogP contribution in [-0.4, -0.2) is 40.1 Å². The lowest BCUT2D eigenvalue weighted by Gasteiger charge is -2.38. The molecule has 1 amide bonds. The molecule has 1 aliphatic heterocycles. The molecule has 1 aromatic heterocycles. The zero-order valence-corrected chi connectivity index (χ0v) is 15.1. The van der Waals surface area contributed by atoms with Gasteiger partial charge in [-0.1, -0.05) is 53.7 Å². The predicted molar refractivity (Wildman–Crippen MR) is 99.4 cm³/mol. The number of para-hydroxylation sites is 1. The van der Waals surface area contributed by atoms with E-state index in [0.29, 0.717) is 37.0 Å². The van der Waals surface area contributed by atoms with E-state index in [-0.39, 0.29) is 11.8 Å². The summed E-state index contributed by atoms with van der Waals surface area (Å²) in [5, 5.41) is 4.06. The Morgan fingerprint density at radius 2 is 1.81 bits per heavy atom. The molecular weight excluding hydrogens is 342 g/mol. The first-order valence-electron chi connectivity index (χ1n) is 9.06. The molecular formula is C21H21N3O3. The highest BCUT2D eigenvalue weighted by Crippen LogP contribution is 2.27. The maximum Gasteiger partial charge on any atom is 0.263 e. The number of carbonyl (C=O) groups excluding carboxylic acids is 1. The molecule has 6 heteroatoms. The van der Waals surface area contributed by atoms with E-state index < -0.39 is 6.10 Å². The van der Waals surface area contributed by atoms with Crippen molar-refractivity contribution in [3.05, 3.63) is 77.9 Å². The van der Waals surface area contributed by atoms with Gasteiger partial charge in [-0.15, -0.1) is 0 Å². The Morgan fingerprint density at radius 1 is 1.15 bits per heavy atom. The molecule has 0 N–H and O–H groups in total. The molecule has 1 fully saturated rings. The molecule has 3 aromatic rings. The highest BCUT2D eigenvalue weighted by Gasteiger charge is 2.37. The smallest absolute Gasteiger partial charge is 0.263 e. The van der Waals surface area contributed by atoms with Crippen molar-refractivity contribution < 1.29 is 14.1 Å². The fraction of sp³-hybridized carbons (Fsp3) is 0.286. The van der Waals surface area contributed by atoms with Gasteiger partial charge < -0.3 is 14.2 Å². The minimum atomic E-state index is -0.523. The van der Waals surface area contributed by atoms with Crippen LogP contribution in [0.3, 0.4) is 0 Å². The van der Waals surface area contributed by atoms with Gasteiger partial charge in [-0.05, 0) is 24.6 Å². The monoisotopic (exact) mass is 363 g/mol. The summed E-state index contributed by atoms with van der Waals surface area (Å²) in [6.07, 6.45) is 0.117. The summed E-state index contributed by atoms with van der Waals surface area (Å²) in [4.78, 5) is 18.7. The molecule has 138 valence electrons. The van der Waals surface area contributed by atoms with E-state index in [9.17, 15) is 4.79 Å². The molecule has 0 bridgehead atoms. The van der Waals surface area contributed by atoms with E-state index >= 15 is 0 Å². The molecule has 2 heterocycles. The van der Waals surface area contributed by atoms with Crippen molar-refractivity contribution in [2.24, 2.45) is 0 Å². The number of nitrogens with zero attached hydrogens (tertiary/aromatic N) is 3. The number of likely N-dealkylation sites (tertiary alicyclic amines) is 1. The maximum absolute atomic E-state index is 12.5. The second-order valence-corrected chi connectivity index (χ2v) is 6.72. The maximum atomic E-state index is 12.5. The first kappa shape index (κ1) is 17.3. The second-order valence-electron chi connectivity index (χ2n) is 6.72. The normalized spacial score (nSPS) is 15.2. The number of hydrogen-bond donors (Lipinski definition) is 0. The Bertz CT molecular complexity index is 889. The number of hydrogen-bond acceptors (Lipinski definition) is 5. The van der Waals surface area contributed by atoms with Gasteiger partial charge in [0, 0.05) is 19.5 Å². The van der Waals surface area contributed by atoms with Crippen molar-refractivity contribution >= 4 is 5.91 Å². The Morgan fingerprint density at radius 3 is 2.52 bits per heavy atom. The molecule has 0 radical (unpaired) electrons. The lowest BCUT2D eigenvalue weighted by atomic mass is 9.99. The van der Waals surface area contributed by atoms with Crippen LogP contribution >= 0.6 is 0 Å². The molecule has 27 heavy (non-hydrogen) atoms. The van der Waals surface area contributed by atoms with Crippen LogP contribution in [0.15, 0.2) is 65.2 Å². The fourth-order valence-corrected chi connectivity index (χ4v) is 3.11. The van der Waals surface area contributed by atoms with Gasteiger partial charge in [0.25, 0.3) is 5.91 Å². The van der Waals surface area contributed by atoms with E-state index in [1.165, 1.54) is 0 Å². The van der Waals surface area contributed by atoms with Gasteiger partial charge in [-0.2, -0.15) is 4.98 Å². The first-order chi connectivity index (χ1) is 13.2. The predicted octanol–water partition coefficient (Wildman–Crippen LogP) is 3.05. The molecule has 0 aliphatic carbocycles. The number of aromatic nitrogens is 2. The Labute approximate surface area is 157 Å². The zero-order chi connectivity index (χ0) is 18.6. The van der Waals surface area contributed by atoms with Crippen molar-refractivity contribution in [3.8, 4) is 5.75 Å². The Kier molecular flexibility index (Phi) is 4.87. The van der Waals surface area contributed by atoms with Crippen molar-refractivity contribution in [1.82, 2.24) is 15.0 Å². The molecule has 0 saturated carbocycles. The summed E-state index contributed by atoms with van der Waals surface area (Å²) >= 11 is 0. The number of carbonyl (C=O) groups is 1. The van der Waals surface area contributed by atoms with E-state index in [1.54, 1.807) is 11.8 Å². The van der Waals surface area contributed by atoms with Gasteiger partial charge in [0.2, 0.25) is 5.89 Å². The van der Waals surface area contributed by atoms with Gasteiger partial charge in [-0.3, -0.25) is 4.79 Å². The summed E-state index contributed by atoms with van der Waals surface area (Å²) in [5.74, 6) is 2.02. The first-order valence-corrected chi connectivity index (χ1v) is 9.06. The van der Waals surface area contributed by atoms with E-state index in [0.717, 1.165) is 5.56 Å². The van der Waals surface area contributed by atoms with Crippen molar-refractivity contribution in [1.29, 1.82) is 0 Å². The molecule has 4 rings (SSSR count). The van der Waals surface area contributed by atoms with Gasteiger partial charge >= 0.3 is 0 Å².